The third kappa shape index (κ3) is 4.74. The van der Waals surface area contributed by atoms with Crippen LogP contribution in [0.4, 0.5) is 5.69 Å². The summed E-state index contributed by atoms with van der Waals surface area (Å²) >= 11 is 1.24. The summed E-state index contributed by atoms with van der Waals surface area (Å²) in [6, 6.07) is 18.3. The maximum absolute atomic E-state index is 13.6. The Morgan fingerprint density at radius 3 is 2.47 bits per heavy atom. The second-order valence-corrected chi connectivity index (χ2v) is 9.28. The van der Waals surface area contributed by atoms with Gasteiger partial charge in [0.25, 0.3) is 11.2 Å². The van der Waals surface area contributed by atoms with E-state index < -0.39 is 16.9 Å². The van der Waals surface area contributed by atoms with E-state index in [2.05, 4.69) is 9.98 Å². The molecule has 0 spiro atoms. The zero-order valence-corrected chi connectivity index (χ0v) is 21.0. The molecule has 0 amide bonds. The highest BCUT2D eigenvalue weighted by Crippen LogP contribution is 2.30. The molecule has 2 aromatic carbocycles. The third-order valence-corrected chi connectivity index (χ3v) is 6.86. The fraction of sp³-hybridized carbons (Fsp3) is 0.111. The minimum absolute atomic E-state index is 0.127. The summed E-state index contributed by atoms with van der Waals surface area (Å²) in [7, 11) is 1.31. The van der Waals surface area contributed by atoms with Gasteiger partial charge in [-0.2, -0.15) is 0 Å². The summed E-state index contributed by atoms with van der Waals surface area (Å²) in [5.41, 5.74) is 1.94. The summed E-state index contributed by atoms with van der Waals surface area (Å²) in [4.78, 5) is 45.5. The number of nitro groups is 1. The molecule has 1 unspecified atom stereocenters. The molecule has 1 aliphatic rings. The van der Waals surface area contributed by atoms with Crippen LogP contribution < -0.4 is 19.6 Å². The molecule has 5 rings (SSSR count). The molecule has 0 saturated heterocycles. The van der Waals surface area contributed by atoms with Gasteiger partial charge in [0.2, 0.25) is 5.88 Å². The molecule has 1 aliphatic heterocycles. The van der Waals surface area contributed by atoms with Crippen molar-refractivity contribution >= 4 is 29.1 Å². The number of benzene rings is 2. The van der Waals surface area contributed by atoms with Gasteiger partial charge in [0.05, 0.1) is 33.9 Å². The van der Waals surface area contributed by atoms with Gasteiger partial charge in [0.1, 0.15) is 11.9 Å². The normalized spacial score (nSPS) is 15.0. The van der Waals surface area contributed by atoms with Gasteiger partial charge in [-0.1, -0.05) is 53.8 Å². The van der Waals surface area contributed by atoms with E-state index in [0.29, 0.717) is 26.4 Å². The van der Waals surface area contributed by atoms with Crippen molar-refractivity contribution in [2.45, 2.75) is 13.0 Å². The molecule has 0 aliphatic carbocycles. The molecule has 0 N–H and O–H groups in total. The summed E-state index contributed by atoms with van der Waals surface area (Å²) < 4.78 is 12.7. The molecule has 4 aromatic rings. The van der Waals surface area contributed by atoms with Crippen LogP contribution in [0.25, 0.3) is 6.08 Å². The second kappa shape index (κ2) is 10.2. The highest BCUT2D eigenvalue weighted by atomic mass is 32.1. The first-order valence-corrected chi connectivity index (χ1v) is 12.2. The first-order valence-electron chi connectivity index (χ1n) is 11.4. The van der Waals surface area contributed by atoms with E-state index in [1.165, 1.54) is 35.1 Å². The number of hydrogen-bond acceptors (Lipinski definition) is 9. The van der Waals surface area contributed by atoms with E-state index in [-0.39, 0.29) is 17.1 Å². The molecule has 0 saturated carbocycles. The largest absolute Gasteiger partial charge is 0.466 e. The number of thiazole rings is 1. The Kier molecular flexibility index (Phi) is 6.67. The van der Waals surface area contributed by atoms with Crippen LogP contribution in [0.1, 0.15) is 24.1 Å². The van der Waals surface area contributed by atoms with Crippen molar-refractivity contribution in [3.63, 3.8) is 0 Å². The molecule has 3 heterocycles. The number of hydrogen-bond donors (Lipinski definition) is 0. The Morgan fingerprint density at radius 2 is 1.84 bits per heavy atom. The van der Waals surface area contributed by atoms with E-state index in [4.69, 9.17) is 9.47 Å². The Labute approximate surface area is 219 Å². The summed E-state index contributed by atoms with van der Waals surface area (Å²) in [6.45, 7) is 1.73. The van der Waals surface area contributed by atoms with Crippen LogP contribution in [0.3, 0.4) is 0 Å². The highest BCUT2D eigenvalue weighted by molar-refractivity contribution is 7.07. The van der Waals surface area contributed by atoms with Crippen molar-refractivity contribution in [2.75, 3.05) is 7.11 Å². The van der Waals surface area contributed by atoms with Crippen molar-refractivity contribution in [1.29, 1.82) is 0 Å². The maximum atomic E-state index is 13.6. The van der Waals surface area contributed by atoms with Crippen molar-refractivity contribution in [1.82, 2.24) is 9.55 Å². The average molecular weight is 529 g/mol. The Morgan fingerprint density at radius 1 is 1.11 bits per heavy atom. The number of rotatable bonds is 6. The van der Waals surface area contributed by atoms with Gasteiger partial charge in [-0.25, -0.2) is 14.8 Å². The van der Waals surface area contributed by atoms with Gasteiger partial charge >= 0.3 is 5.97 Å². The summed E-state index contributed by atoms with van der Waals surface area (Å²) in [6.07, 6.45) is 2.87. The van der Waals surface area contributed by atoms with Crippen LogP contribution >= 0.6 is 11.3 Å². The monoisotopic (exact) mass is 528 g/mol. The van der Waals surface area contributed by atoms with Gasteiger partial charge in [0.15, 0.2) is 4.80 Å². The van der Waals surface area contributed by atoms with Crippen LogP contribution in [-0.4, -0.2) is 27.6 Å². The van der Waals surface area contributed by atoms with Crippen molar-refractivity contribution < 1.29 is 19.2 Å². The van der Waals surface area contributed by atoms with Crippen LogP contribution in [-0.2, 0) is 9.53 Å². The van der Waals surface area contributed by atoms with E-state index in [0.717, 1.165) is 17.3 Å². The molecule has 2 aromatic heterocycles. The highest BCUT2D eigenvalue weighted by Gasteiger charge is 2.32. The molecule has 0 bridgehead atoms. The van der Waals surface area contributed by atoms with Crippen LogP contribution in [0.5, 0.6) is 11.6 Å². The predicted octanol–water partition coefficient (Wildman–Crippen LogP) is 3.50. The van der Waals surface area contributed by atoms with Gasteiger partial charge in [-0.05, 0) is 36.3 Å². The number of carbonyl (C=O) groups is 1. The Hall–Kier alpha value is -4.90. The first kappa shape index (κ1) is 24.8. The van der Waals surface area contributed by atoms with Crippen LogP contribution in [0.15, 0.2) is 94.0 Å². The number of fused-ring (bicyclic) bond motifs is 1. The molecule has 190 valence electrons. The molecule has 38 heavy (non-hydrogen) atoms. The Balaban J connectivity index is 1.49. The quantitative estimate of drug-likeness (QED) is 0.213. The van der Waals surface area contributed by atoms with Crippen LogP contribution in [0, 0.1) is 10.1 Å². The van der Waals surface area contributed by atoms with Gasteiger partial charge in [-0.15, -0.1) is 0 Å². The van der Waals surface area contributed by atoms with E-state index >= 15 is 0 Å². The van der Waals surface area contributed by atoms with E-state index in [1.807, 2.05) is 30.3 Å². The lowest BCUT2D eigenvalue weighted by Crippen LogP contribution is -2.39. The van der Waals surface area contributed by atoms with Crippen LogP contribution in [0.2, 0.25) is 0 Å². The number of nitrogens with zero attached hydrogens (tertiary/aromatic N) is 4. The van der Waals surface area contributed by atoms with E-state index in [1.54, 1.807) is 37.3 Å². The van der Waals surface area contributed by atoms with Crippen molar-refractivity contribution in [3.8, 4) is 11.6 Å². The molecule has 0 fully saturated rings. The number of ether oxygens (including phenoxy) is 2. The van der Waals surface area contributed by atoms with Crippen molar-refractivity contribution in [3.05, 3.63) is 125 Å². The smallest absolute Gasteiger partial charge is 0.338 e. The lowest BCUT2D eigenvalue weighted by atomic mass is 9.96. The molecule has 0 radical (unpaired) electrons. The third-order valence-electron chi connectivity index (χ3n) is 5.87. The topological polar surface area (TPSA) is 126 Å². The zero-order chi connectivity index (χ0) is 26.8. The zero-order valence-electron chi connectivity index (χ0n) is 20.2. The molecule has 11 heteroatoms. The number of esters is 1. The fourth-order valence-electron chi connectivity index (χ4n) is 4.09. The molecular weight excluding hydrogens is 508 g/mol. The van der Waals surface area contributed by atoms with Gasteiger partial charge in [-0.3, -0.25) is 19.5 Å². The summed E-state index contributed by atoms with van der Waals surface area (Å²) in [5.74, 6) is 0.161. The maximum Gasteiger partial charge on any atom is 0.338 e. The molecule has 10 nitrogen and oxygen atoms in total. The first-order chi connectivity index (χ1) is 18.4. The number of pyridine rings is 1. The Bertz CT molecular complexity index is 1740. The van der Waals surface area contributed by atoms with Gasteiger partial charge in [0, 0.05) is 12.1 Å². The lowest BCUT2D eigenvalue weighted by Gasteiger charge is -2.24. The van der Waals surface area contributed by atoms with Crippen molar-refractivity contribution in [2.24, 2.45) is 4.99 Å². The summed E-state index contributed by atoms with van der Waals surface area (Å²) in [5, 5.41) is 10.8. The predicted molar refractivity (Wildman–Crippen MR) is 140 cm³/mol. The fourth-order valence-corrected chi connectivity index (χ4v) is 5.14. The minimum Gasteiger partial charge on any atom is -0.466 e. The number of aromatic nitrogens is 2. The van der Waals surface area contributed by atoms with E-state index in [9.17, 15) is 19.7 Å². The number of methoxy groups -OCH3 is 1. The minimum atomic E-state index is -0.660. The average Bonchev–Trinajstić information content (AvgIpc) is 3.23. The molecular formula is C27H20N4O6S. The number of allylic oxidation sites excluding steroid dienone is 1. The molecule has 1 atom stereocenters. The second-order valence-electron chi connectivity index (χ2n) is 8.27. The van der Waals surface area contributed by atoms with Gasteiger partial charge < -0.3 is 9.47 Å². The SMILES string of the molecule is COC(=O)C1=C(C)N=c2sc(=Cc3ccc(Oc4ccc([N+](=O)[O-])cn4)cc3)c(=O)n2C1c1ccccc1. The standard InChI is InChI=1S/C27H20N4O6S/c1-16-23(26(33)36-2)24(18-6-4-3-5-7-18)30-25(32)21(38-27(30)29-16)14-17-8-11-20(12-9-17)37-22-13-10-19(15-28-22)31(34)35/h3-15,24H,1-2H3. The lowest BCUT2D eigenvalue weighted by molar-refractivity contribution is -0.385. The number of carbonyl (C=O) groups excluding carboxylic acids is 1.